The molecule has 0 heterocycles. The minimum atomic E-state index is -0.561. The molecule has 21 heavy (non-hydrogen) atoms. The predicted octanol–water partition coefficient (Wildman–Crippen LogP) is 4.20. The normalized spacial score (nSPS) is 12.7. The topological polar surface area (TPSA) is 26.0 Å². The molecular formula is C18H21F2N. The van der Waals surface area contributed by atoms with Crippen molar-refractivity contribution in [3.8, 4) is 0 Å². The van der Waals surface area contributed by atoms with Crippen molar-refractivity contribution in [2.75, 3.05) is 0 Å². The highest BCUT2D eigenvalue weighted by Gasteiger charge is 2.10. The van der Waals surface area contributed by atoms with E-state index in [1.807, 2.05) is 0 Å². The first-order chi connectivity index (χ1) is 9.95. The average molecular weight is 289 g/mol. The van der Waals surface area contributed by atoms with Crippen LogP contribution >= 0.6 is 0 Å². The van der Waals surface area contributed by atoms with Gasteiger partial charge in [-0.25, -0.2) is 8.78 Å². The Morgan fingerprint density at radius 1 is 0.952 bits per heavy atom. The number of hydrogen-bond donors (Lipinski definition) is 1. The highest BCUT2D eigenvalue weighted by Crippen LogP contribution is 2.17. The molecule has 0 amide bonds. The van der Waals surface area contributed by atoms with Crippen LogP contribution < -0.4 is 5.73 Å². The highest BCUT2D eigenvalue weighted by atomic mass is 19.1. The van der Waals surface area contributed by atoms with Crippen molar-refractivity contribution in [1.29, 1.82) is 0 Å². The summed E-state index contributed by atoms with van der Waals surface area (Å²) in [5.41, 5.74) is 8.97. The van der Waals surface area contributed by atoms with Crippen LogP contribution in [0.4, 0.5) is 8.78 Å². The summed E-state index contributed by atoms with van der Waals surface area (Å²) >= 11 is 0. The van der Waals surface area contributed by atoms with Crippen LogP contribution in [0.15, 0.2) is 42.5 Å². The standard InChI is InChI=1S/C18H21F2N/c1-12(2)14-5-3-13(4-6-14)9-17(21)10-15-7-8-16(19)11-18(15)20/h3-8,11-12,17H,9-10,21H2,1-2H3. The number of benzene rings is 2. The van der Waals surface area contributed by atoms with E-state index < -0.39 is 11.6 Å². The Hall–Kier alpha value is -1.74. The van der Waals surface area contributed by atoms with E-state index in [0.717, 1.165) is 11.6 Å². The lowest BCUT2D eigenvalue weighted by molar-refractivity contribution is 0.558. The van der Waals surface area contributed by atoms with Gasteiger partial charge in [-0.1, -0.05) is 44.2 Å². The van der Waals surface area contributed by atoms with Crippen molar-refractivity contribution in [3.63, 3.8) is 0 Å². The Morgan fingerprint density at radius 2 is 1.62 bits per heavy atom. The van der Waals surface area contributed by atoms with E-state index in [1.165, 1.54) is 17.7 Å². The molecule has 1 nitrogen and oxygen atoms in total. The average Bonchev–Trinajstić information content (AvgIpc) is 2.42. The molecule has 3 heteroatoms. The summed E-state index contributed by atoms with van der Waals surface area (Å²) in [7, 11) is 0. The molecule has 0 aromatic heterocycles. The van der Waals surface area contributed by atoms with Crippen molar-refractivity contribution in [2.45, 2.75) is 38.6 Å². The molecule has 0 aliphatic rings. The molecule has 0 bridgehead atoms. The lowest BCUT2D eigenvalue weighted by Crippen LogP contribution is -2.26. The fourth-order valence-electron chi connectivity index (χ4n) is 2.38. The summed E-state index contributed by atoms with van der Waals surface area (Å²) < 4.78 is 26.5. The minimum Gasteiger partial charge on any atom is -0.327 e. The first-order valence-corrected chi connectivity index (χ1v) is 7.24. The van der Waals surface area contributed by atoms with E-state index in [0.29, 0.717) is 24.3 Å². The molecule has 1 unspecified atom stereocenters. The van der Waals surface area contributed by atoms with E-state index in [9.17, 15) is 8.78 Å². The molecular weight excluding hydrogens is 268 g/mol. The quantitative estimate of drug-likeness (QED) is 0.877. The smallest absolute Gasteiger partial charge is 0.129 e. The van der Waals surface area contributed by atoms with Gasteiger partial charge in [0.1, 0.15) is 11.6 Å². The molecule has 0 saturated carbocycles. The molecule has 2 aromatic rings. The summed E-state index contributed by atoms with van der Waals surface area (Å²) in [6.45, 7) is 4.30. The summed E-state index contributed by atoms with van der Waals surface area (Å²) in [6.07, 6.45) is 1.08. The van der Waals surface area contributed by atoms with Gasteiger partial charge in [-0.05, 0) is 41.5 Å². The first kappa shape index (κ1) is 15.6. The summed E-state index contributed by atoms with van der Waals surface area (Å²) in [5, 5.41) is 0. The van der Waals surface area contributed by atoms with E-state index in [1.54, 1.807) is 0 Å². The zero-order chi connectivity index (χ0) is 15.4. The summed E-state index contributed by atoms with van der Waals surface area (Å²) in [6, 6.07) is 11.8. The van der Waals surface area contributed by atoms with Crippen molar-refractivity contribution in [2.24, 2.45) is 5.73 Å². The third-order valence-electron chi connectivity index (χ3n) is 3.64. The Kier molecular flexibility index (Phi) is 5.07. The second-order valence-corrected chi connectivity index (χ2v) is 5.80. The van der Waals surface area contributed by atoms with Crippen LogP contribution in [0.2, 0.25) is 0 Å². The Bertz CT molecular complexity index is 591. The van der Waals surface area contributed by atoms with Crippen LogP contribution in [0.3, 0.4) is 0 Å². The van der Waals surface area contributed by atoms with Crippen LogP contribution in [0.25, 0.3) is 0 Å². The van der Waals surface area contributed by atoms with E-state index in [2.05, 4.69) is 38.1 Å². The molecule has 112 valence electrons. The number of nitrogens with two attached hydrogens (primary N) is 1. The van der Waals surface area contributed by atoms with Gasteiger partial charge in [0.25, 0.3) is 0 Å². The molecule has 0 aliphatic heterocycles. The summed E-state index contributed by atoms with van der Waals surface area (Å²) in [4.78, 5) is 0. The van der Waals surface area contributed by atoms with E-state index in [-0.39, 0.29) is 6.04 Å². The SMILES string of the molecule is CC(C)c1ccc(CC(N)Cc2ccc(F)cc2F)cc1. The third-order valence-corrected chi connectivity index (χ3v) is 3.64. The van der Waals surface area contributed by atoms with Gasteiger partial charge >= 0.3 is 0 Å². The van der Waals surface area contributed by atoms with Gasteiger partial charge in [-0.3, -0.25) is 0 Å². The zero-order valence-electron chi connectivity index (χ0n) is 12.4. The maximum absolute atomic E-state index is 13.6. The molecule has 2 aromatic carbocycles. The van der Waals surface area contributed by atoms with Crippen molar-refractivity contribution in [3.05, 3.63) is 70.8 Å². The van der Waals surface area contributed by atoms with Gasteiger partial charge < -0.3 is 5.73 Å². The van der Waals surface area contributed by atoms with Crippen molar-refractivity contribution < 1.29 is 8.78 Å². The van der Waals surface area contributed by atoms with Crippen LogP contribution in [-0.4, -0.2) is 6.04 Å². The molecule has 0 aliphatic carbocycles. The minimum absolute atomic E-state index is 0.185. The summed E-state index contributed by atoms with van der Waals surface area (Å²) in [5.74, 6) is -0.587. The second-order valence-electron chi connectivity index (χ2n) is 5.80. The lowest BCUT2D eigenvalue weighted by atomic mass is 9.96. The predicted molar refractivity (Wildman–Crippen MR) is 82.3 cm³/mol. The van der Waals surface area contributed by atoms with Crippen LogP contribution in [-0.2, 0) is 12.8 Å². The Morgan fingerprint density at radius 3 is 2.19 bits per heavy atom. The maximum atomic E-state index is 13.6. The van der Waals surface area contributed by atoms with Gasteiger partial charge in [0.15, 0.2) is 0 Å². The molecule has 2 rings (SSSR count). The molecule has 0 radical (unpaired) electrons. The molecule has 0 fully saturated rings. The fourth-order valence-corrected chi connectivity index (χ4v) is 2.38. The lowest BCUT2D eigenvalue weighted by Gasteiger charge is -2.13. The molecule has 0 spiro atoms. The van der Waals surface area contributed by atoms with Gasteiger partial charge in [0.2, 0.25) is 0 Å². The molecule has 0 saturated heterocycles. The van der Waals surface area contributed by atoms with Gasteiger partial charge in [0.05, 0.1) is 0 Å². The van der Waals surface area contributed by atoms with Crippen LogP contribution in [0.5, 0.6) is 0 Å². The Labute approximate surface area is 124 Å². The largest absolute Gasteiger partial charge is 0.327 e. The fraction of sp³-hybridized carbons (Fsp3) is 0.333. The van der Waals surface area contributed by atoms with Gasteiger partial charge in [-0.2, -0.15) is 0 Å². The third kappa shape index (κ3) is 4.36. The molecule has 2 N–H and O–H groups in total. The maximum Gasteiger partial charge on any atom is 0.129 e. The Balaban J connectivity index is 1.99. The van der Waals surface area contributed by atoms with Crippen molar-refractivity contribution in [1.82, 2.24) is 0 Å². The number of halogens is 2. The van der Waals surface area contributed by atoms with Gasteiger partial charge in [0, 0.05) is 12.1 Å². The van der Waals surface area contributed by atoms with Gasteiger partial charge in [-0.15, -0.1) is 0 Å². The van der Waals surface area contributed by atoms with E-state index >= 15 is 0 Å². The highest BCUT2D eigenvalue weighted by molar-refractivity contribution is 5.26. The van der Waals surface area contributed by atoms with E-state index in [4.69, 9.17) is 5.73 Å². The van der Waals surface area contributed by atoms with Crippen LogP contribution in [0.1, 0.15) is 36.5 Å². The number of rotatable bonds is 5. The van der Waals surface area contributed by atoms with Crippen molar-refractivity contribution >= 4 is 0 Å². The first-order valence-electron chi connectivity index (χ1n) is 7.24. The molecule has 1 atom stereocenters. The number of hydrogen-bond acceptors (Lipinski definition) is 1. The monoisotopic (exact) mass is 289 g/mol. The second kappa shape index (κ2) is 6.81. The zero-order valence-corrected chi connectivity index (χ0v) is 12.4. The van der Waals surface area contributed by atoms with Crippen LogP contribution in [0, 0.1) is 11.6 Å².